The molecule has 0 aromatic carbocycles. The number of ether oxygens (including phenoxy) is 2. The monoisotopic (exact) mass is 289 g/mol. The number of pyridine rings is 1. The second kappa shape index (κ2) is 6.96. The summed E-state index contributed by atoms with van der Waals surface area (Å²) in [4.78, 5) is 12.4. The van der Waals surface area contributed by atoms with Gasteiger partial charge in [-0.2, -0.15) is 0 Å². The van der Waals surface area contributed by atoms with Crippen LogP contribution >= 0.6 is 0 Å². The fourth-order valence-electron chi connectivity index (χ4n) is 1.91. The van der Waals surface area contributed by atoms with Gasteiger partial charge in [-0.25, -0.2) is 15.4 Å². The van der Waals surface area contributed by atoms with Crippen molar-refractivity contribution in [1.29, 1.82) is 0 Å². The molecule has 21 heavy (non-hydrogen) atoms. The van der Waals surface area contributed by atoms with Crippen LogP contribution in [0.25, 0.3) is 0 Å². The van der Waals surface area contributed by atoms with Crippen LogP contribution in [-0.2, 0) is 0 Å². The standard InChI is InChI=1S/C14H19N5O2/c1-9(2)21-11-4-10(6-16-7-11)14(19-15)12-5-13(20-3)18-8-17-12/h4-9,14,19H,15H2,1-3H3. The summed E-state index contributed by atoms with van der Waals surface area (Å²) in [5.74, 6) is 6.82. The molecule has 2 rings (SSSR count). The molecule has 0 spiro atoms. The maximum absolute atomic E-state index is 5.66. The van der Waals surface area contributed by atoms with Gasteiger partial charge in [0.15, 0.2) is 0 Å². The van der Waals surface area contributed by atoms with E-state index in [4.69, 9.17) is 15.3 Å². The van der Waals surface area contributed by atoms with E-state index < -0.39 is 0 Å². The number of nitrogens with one attached hydrogen (secondary N) is 1. The molecule has 0 fully saturated rings. The highest BCUT2D eigenvalue weighted by molar-refractivity contribution is 5.32. The molecule has 1 atom stereocenters. The fraction of sp³-hybridized carbons (Fsp3) is 0.357. The molecule has 0 amide bonds. The van der Waals surface area contributed by atoms with Crippen LogP contribution in [0.4, 0.5) is 0 Å². The zero-order chi connectivity index (χ0) is 15.2. The highest BCUT2D eigenvalue weighted by atomic mass is 16.5. The van der Waals surface area contributed by atoms with Crippen molar-refractivity contribution in [2.75, 3.05) is 7.11 Å². The van der Waals surface area contributed by atoms with E-state index in [1.165, 1.54) is 6.33 Å². The molecule has 7 nitrogen and oxygen atoms in total. The number of rotatable bonds is 6. The Labute approximate surface area is 123 Å². The average molecular weight is 289 g/mol. The Morgan fingerprint density at radius 3 is 2.67 bits per heavy atom. The molecule has 2 aromatic rings. The highest BCUT2D eigenvalue weighted by Gasteiger charge is 2.16. The quantitative estimate of drug-likeness (QED) is 0.609. The molecule has 112 valence electrons. The second-order valence-electron chi connectivity index (χ2n) is 4.71. The van der Waals surface area contributed by atoms with E-state index in [0.29, 0.717) is 17.3 Å². The normalized spacial score (nSPS) is 12.2. The van der Waals surface area contributed by atoms with Gasteiger partial charge in [0.05, 0.1) is 31.1 Å². The van der Waals surface area contributed by atoms with Crippen LogP contribution in [-0.4, -0.2) is 28.2 Å². The first-order valence-corrected chi connectivity index (χ1v) is 6.57. The lowest BCUT2D eigenvalue weighted by Crippen LogP contribution is -2.29. The van der Waals surface area contributed by atoms with Gasteiger partial charge in [0, 0.05) is 12.3 Å². The first kappa shape index (κ1) is 15.1. The molecule has 0 saturated carbocycles. The average Bonchev–Trinajstić information content (AvgIpc) is 2.48. The van der Waals surface area contributed by atoms with Crippen LogP contribution < -0.4 is 20.7 Å². The van der Waals surface area contributed by atoms with Crippen LogP contribution in [0, 0.1) is 0 Å². The molecule has 1 unspecified atom stereocenters. The smallest absolute Gasteiger partial charge is 0.216 e. The summed E-state index contributed by atoms with van der Waals surface area (Å²) in [6.07, 6.45) is 4.88. The number of aromatic nitrogens is 3. The Bertz CT molecular complexity index is 591. The van der Waals surface area contributed by atoms with E-state index in [1.807, 2.05) is 19.9 Å². The molecule has 7 heteroatoms. The summed E-state index contributed by atoms with van der Waals surface area (Å²) in [6.45, 7) is 3.92. The number of nitrogens with two attached hydrogens (primary N) is 1. The minimum atomic E-state index is -0.329. The molecule has 2 aromatic heterocycles. The summed E-state index contributed by atoms with van der Waals surface area (Å²) in [6, 6.07) is 3.28. The Hall–Kier alpha value is -2.25. The molecule has 0 aliphatic rings. The third-order valence-electron chi connectivity index (χ3n) is 2.77. The van der Waals surface area contributed by atoms with E-state index >= 15 is 0 Å². The highest BCUT2D eigenvalue weighted by Crippen LogP contribution is 2.24. The summed E-state index contributed by atoms with van der Waals surface area (Å²) in [5.41, 5.74) is 4.26. The zero-order valence-electron chi connectivity index (χ0n) is 12.3. The van der Waals surface area contributed by atoms with Crippen molar-refractivity contribution in [1.82, 2.24) is 20.4 Å². The molecule has 0 aliphatic heterocycles. The SMILES string of the molecule is COc1cc(C(NN)c2cncc(OC(C)C)c2)ncn1. The second-order valence-corrected chi connectivity index (χ2v) is 4.71. The first-order valence-electron chi connectivity index (χ1n) is 6.57. The van der Waals surface area contributed by atoms with E-state index in [1.54, 1.807) is 25.6 Å². The zero-order valence-corrected chi connectivity index (χ0v) is 12.3. The summed E-state index contributed by atoms with van der Waals surface area (Å²) in [7, 11) is 1.55. The molecule has 3 N–H and O–H groups in total. The molecular formula is C14H19N5O2. The summed E-state index contributed by atoms with van der Waals surface area (Å²) in [5, 5.41) is 0. The van der Waals surface area contributed by atoms with Crippen LogP contribution in [0.1, 0.15) is 31.1 Å². The van der Waals surface area contributed by atoms with Crippen LogP contribution in [0.5, 0.6) is 11.6 Å². The Morgan fingerprint density at radius 2 is 2.00 bits per heavy atom. The van der Waals surface area contributed by atoms with Crippen molar-refractivity contribution in [2.45, 2.75) is 26.0 Å². The molecule has 2 heterocycles. The van der Waals surface area contributed by atoms with Crippen LogP contribution in [0.3, 0.4) is 0 Å². The number of hydrazine groups is 1. The van der Waals surface area contributed by atoms with Crippen molar-refractivity contribution in [3.05, 3.63) is 42.1 Å². The van der Waals surface area contributed by atoms with Gasteiger partial charge < -0.3 is 9.47 Å². The number of methoxy groups -OCH3 is 1. The molecule has 0 bridgehead atoms. The van der Waals surface area contributed by atoms with Crippen molar-refractivity contribution in [2.24, 2.45) is 5.84 Å². The minimum absolute atomic E-state index is 0.0745. The first-order chi connectivity index (χ1) is 10.1. The Balaban J connectivity index is 2.32. The lowest BCUT2D eigenvalue weighted by atomic mass is 10.1. The predicted molar refractivity (Wildman–Crippen MR) is 77.8 cm³/mol. The van der Waals surface area contributed by atoms with Gasteiger partial charge in [0.25, 0.3) is 0 Å². The van der Waals surface area contributed by atoms with Gasteiger partial charge in [0.1, 0.15) is 12.1 Å². The van der Waals surface area contributed by atoms with Gasteiger partial charge in [-0.3, -0.25) is 10.8 Å². The predicted octanol–water partition coefficient (Wildman–Crippen LogP) is 1.22. The molecular weight excluding hydrogens is 270 g/mol. The van der Waals surface area contributed by atoms with Crippen molar-refractivity contribution in [3.63, 3.8) is 0 Å². The number of nitrogens with zero attached hydrogens (tertiary/aromatic N) is 3. The van der Waals surface area contributed by atoms with E-state index in [-0.39, 0.29) is 12.1 Å². The Kier molecular flexibility index (Phi) is 5.02. The van der Waals surface area contributed by atoms with Gasteiger partial charge in [-0.05, 0) is 25.5 Å². The molecule has 0 radical (unpaired) electrons. The van der Waals surface area contributed by atoms with Gasteiger partial charge in [-0.15, -0.1) is 0 Å². The molecule has 0 aliphatic carbocycles. The van der Waals surface area contributed by atoms with Gasteiger partial charge >= 0.3 is 0 Å². The molecule has 0 saturated heterocycles. The van der Waals surface area contributed by atoms with E-state index in [9.17, 15) is 0 Å². The third-order valence-corrected chi connectivity index (χ3v) is 2.77. The van der Waals surface area contributed by atoms with E-state index in [2.05, 4.69) is 20.4 Å². The van der Waals surface area contributed by atoms with Crippen molar-refractivity contribution < 1.29 is 9.47 Å². The Morgan fingerprint density at radius 1 is 1.19 bits per heavy atom. The van der Waals surface area contributed by atoms with Crippen LogP contribution in [0.15, 0.2) is 30.9 Å². The van der Waals surface area contributed by atoms with Crippen molar-refractivity contribution in [3.8, 4) is 11.6 Å². The largest absolute Gasteiger partial charge is 0.489 e. The van der Waals surface area contributed by atoms with Gasteiger partial charge in [-0.1, -0.05) is 0 Å². The fourth-order valence-corrected chi connectivity index (χ4v) is 1.91. The topological polar surface area (TPSA) is 95.2 Å². The maximum atomic E-state index is 5.66. The summed E-state index contributed by atoms with van der Waals surface area (Å²) < 4.78 is 10.7. The van der Waals surface area contributed by atoms with E-state index in [0.717, 1.165) is 5.56 Å². The van der Waals surface area contributed by atoms with Crippen molar-refractivity contribution >= 4 is 0 Å². The third kappa shape index (κ3) is 3.87. The number of hydrogen-bond donors (Lipinski definition) is 2. The minimum Gasteiger partial charge on any atom is -0.489 e. The van der Waals surface area contributed by atoms with Crippen LogP contribution in [0.2, 0.25) is 0 Å². The summed E-state index contributed by atoms with van der Waals surface area (Å²) >= 11 is 0. The lowest BCUT2D eigenvalue weighted by Gasteiger charge is -2.17. The number of hydrogen-bond acceptors (Lipinski definition) is 7. The van der Waals surface area contributed by atoms with Gasteiger partial charge in [0.2, 0.25) is 5.88 Å². The lowest BCUT2D eigenvalue weighted by molar-refractivity contribution is 0.241. The maximum Gasteiger partial charge on any atom is 0.216 e.